The van der Waals surface area contributed by atoms with Gasteiger partial charge in [-0.1, -0.05) is 0 Å². The van der Waals surface area contributed by atoms with Crippen LogP contribution in [0.5, 0.6) is 0 Å². The molecule has 144 valence electrons. The van der Waals surface area contributed by atoms with Crippen molar-refractivity contribution in [2.45, 2.75) is 0 Å². The molecule has 1 fully saturated rings. The quantitative estimate of drug-likeness (QED) is 0.554. The topological polar surface area (TPSA) is 146 Å². The molecule has 2 N–H and O–H groups in total. The van der Waals surface area contributed by atoms with E-state index in [-0.39, 0.29) is 22.9 Å². The van der Waals surface area contributed by atoms with Gasteiger partial charge in [-0.2, -0.15) is 10.5 Å². The van der Waals surface area contributed by atoms with E-state index in [1.165, 1.54) is 25.4 Å². The minimum absolute atomic E-state index is 0.0921. The fourth-order valence-electron chi connectivity index (χ4n) is 2.61. The number of carbonyl (C=O) groups excluding carboxylic acids is 2. The molecule has 3 rings (SSSR count). The molecule has 1 aliphatic heterocycles. The molecule has 0 unspecified atom stereocenters. The number of morpholine rings is 1. The molecule has 0 spiro atoms. The normalized spacial score (nSPS) is 14.3. The molecule has 0 bridgehead atoms. The summed E-state index contributed by atoms with van der Waals surface area (Å²) in [5.41, 5.74) is 1.00. The first-order chi connectivity index (χ1) is 13.6. The highest BCUT2D eigenvalue weighted by atomic mass is 16.5. The van der Waals surface area contributed by atoms with Gasteiger partial charge in [-0.25, -0.2) is 4.79 Å². The van der Waals surface area contributed by atoms with Crippen molar-refractivity contribution in [3.05, 3.63) is 41.4 Å². The molecule has 2 aromatic rings. The number of aromatic nitrogens is 4. The standard InChI is InChI=1S/C17H17N7O4/c1-27-17(26)13-3-2-11(16(25)24-4-6-28-7-5-24)8-14(13)19-10-12(9-18)15-20-22-23-21-15/h2-3,8,10,19H,4-7H2,1H3,(H,20,21,22,23). The zero-order valence-corrected chi connectivity index (χ0v) is 15.0. The zero-order valence-electron chi connectivity index (χ0n) is 15.0. The van der Waals surface area contributed by atoms with E-state index in [1.54, 1.807) is 11.0 Å². The number of esters is 1. The molecule has 1 saturated heterocycles. The summed E-state index contributed by atoms with van der Waals surface area (Å²) in [7, 11) is 1.26. The number of anilines is 1. The highest BCUT2D eigenvalue weighted by molar-refractivity contribution is 6.00. The van der Waals surface area contributed by atoms with Gasteiger partial charge in [0.15, 0.2) is 0 Å². The maximum Gasteiger partial charge on any atom is 0.339 e. The number of methoxy groups -OCH3 is 1. The van der Waals surface area contributed by atoms with Crippen molar-refractivity contribution < 1.29 is 19.1 Å². The van der Waals surface area contributed by atoms with Crippen LogP contribution in [0.25, 0.3) is 5.57 Å². The van der Waals surface area contributed by atoms with Gasteiger partial charge in [0.05, 0.1) is 31.6 Å². The van der Waals surface area contributed by atoms with Crippen LogP contribution in [0.15, 0.2) is 24.4 Å². The van der Waals surface area contributed by atoms with Crippen molar-refractivity contribution in [2.24, 2.45) is 0 Å². The minimum atomic E-state index is -0.584. The van der Waals surface area contributed by atoms with Gasteiger partial charge >= 0.3 is 5.97 Å². The van der Waals surface area contributed by atoms with Crippen molar-refractivity contribution in [3.8, 4) is 6.07 Å². The van der Waals surface area contributed by atoms with Gasteiger partial charge in [0.25, 0.3) is 5.91 Å². The Balaban J connectivity index is 1.91. The van der Waals surface area contributed by atoms with Gasteiger partial charge in [-0.05, 0) is 23.4 Å². The summed E-state index contributed by atoms with van der Waals surface area (Å²) < 4.78 is 10.0. The van der Waals surface area contributed by atoms with Crippen LogP contribution < -0.4 is 5.32 Å². The maximum atomic E-state index is 12.7. The second-order valence-electron chi connectivity index (χ2n) is 5.71. The molecular weight excluding hydrogens is 366 g/mol. The van der Waals surface area contributed by atoms with Crippen LogP contribution in [0.4, 0.5) is 5.69 Å². The molecule has 0 atom stereocenters. The fourth-order valence-corrected chi connectivity index (χ4v) is 2.61. The first kappa shape index (κ1) is 19.0. The summed E-state index contributed by atoms with van der Waals surface area (Å²) in [4.78, 5) is 26.4. The Morgan fingerprint density at radius 2 is 2.18 bits per heavy atom. The van der Waals surface area contributed by atoms with Crippen LogP contribution in [-0.2, 0) is 9.47 Å². The van der Waals surface area contributed by atoms with E-state index in [1.807, 2.05) is 6.07 Å². The molecule has 1 aromatic heterocycles. The summed E-state index contributed by atoms with van der Waals surface area (Å²) in [6.45, 7) is 1.96. The average Bonchev–Trinajstić information content (AvgIpc) is 3.28. The number of rotatable bonds is 5. The number of hydrogen-bond acceptors (Lipinski definition) is 9. The summed E-state index contributed by atoms with van der Waals surface area (Å²) in [5, 5.41) is 25.3. The predicted molar refractivity (Wildman–Crippen MR) is 95.9 cm³/mol. The predicted octanol–water partition coefficient (Wildman–Crippen LogP) is 0.435. The Morgan fingerprint density at radius 1 is 1.39 bits per heavy atom. The molecule has 1 aliphatic rings. The molecular formula is C17H17N7O4. The van der Waals surface area contributed by atoms with E-state index in [2.05, 4.69) is 25.9 Å². The van der Waals surface area contributed by atoms with Gasteiger partial charge in [0.1, 0.15) is 11.6 Å². The SMILES string of the molecule is COC(=O)c1ccc(C(=O)N2CCOCC2)cc1NC=C(C#N)c1nn[nH]n1. The number of benzene rings is 1. The molecule has 1 aromatic carbocycles. The number of allylic oxidation sites excluding steroid dienone is 1. The molecule has 0 aliphatic carbocycles. The highest BCUT2D eigenvalue weighted by Gasteiger charge is 2.21. The number of carbonyl (C=O) groups is 2. The molecule has 0 radical (unpaired) electrons. The lowest BCUT2D eigenvalue weighted by Gasteiger charge is -2.27. The first-order valence-corrected chi connectivity index (χ1v) is 8.34. The van der Waals surface area contributed by atoms with Crippen LogP contribution in [0, 0.1) is 11.3 Å². The number of nitriles is 1. The number of tetrazole rings is 1. The molecule has 28 heavy (non-hydrogen) atoms. The number of amides is 1. The highest BCUT2D eigenvalue weighted by Crippen LogP contribution is 2.21. The summed E-state index contributed by atoms with van der Waals surface area (Å²) in [5.74, 6) is -0.667. The Hall–Kier alpha value is -3.78. The van der Waals surface area contributed by atoms with Crippen LogP contribution in [0.1, 0.15) is 26.5 Å². The second kappa shape index (κ2) is 8.74. The van der Waals surface area contributed by atoms with Gasteiger partial charge < -0.3 is 19.7 Å². The minimum Gasteiger partial charge on any atom is -0.465 e. The molecule has 1 amide bonds. The number of hydrogen-bond donors (Lipinski definition) is 2. The third kappa shape index (κ3) is 4.13. The zero-order chi connectivity index (χ0) is 19.9. The molecule has 11 heteroatoms. The molecule has 2 heterocycles. The third-order valence-corrected chi connectivity index (χ3v) is 4.05. The lowest BCUT2D eigenvalue weighted by atomic mass is 10.1. The smallest absolute Gasteiger partial charge is 0.339 e. The monoisotopic (exact) mass is 383 g/mol. The van der Waals surface area contributed by atoms with Gasteiger partial charge in [-0.3, -0.25) is 4.79 Å². The van der Waals surface area contributed by atoms with E-state index in [4.69, 9.17) is 9.47 Å². The van der Waals surface area contributed by atoms with Gasteiger partial charge in [0, 0.05) is 24.9 Å². The Morgan fingerprint density at radius 3 is 2.82 bits per heavy atom. The van der Waals surface area contributed by atoms with E-state index in [0.29, 0.717) is 37.6 Å². The van der Waals surface area contributed by atoms with E-state index in [9.17, 15) is 14.9 Å². The van der Waals surface area contributed by atoms with E-state index < -0.39 is 5.97 Å². The van der Waals surface area contributed by atoms with Crippen molar-refractivity contribution in [2.75, 3.05) is 38.7 Å². The van der Waals surface area contributed by atoms with Gasteiger partial charge in [-0.15, -0.1) is 10.2 Å². The first-order valence-electron chi connectivity index (χ1n) is 8.34. The van der Waals surface area contributed by atoms with Crippen LogP contribution in [0.3, 0.4) is 0 Å². The number of H-pyrrole nitrogens is 1. The maximum absolute atomic E-state index is 12.7. The Labute approximate surface area is 159 Å². The summed E-state index contributed by atoms with van der Waals surface area (Å²) >= 11 is 0. The largest absolute Gasteiger partial charge is 0.465 e. The lowest BCUT2D eigenvalue weighted by molar-refractivity contribution is 0.0303. The average molecular weight is 383 g/mol. The van der Waals surface area contributed by atoms with Crippen molar-refractivity contribution in [1.82, 2.24) is 25.5 Å². The fraction of sp³-hybridized carbons (Fsp3) is 0.294. The van der Waals surface area contributed by atoms with Crippen LogP contribution in [-0.4, -0.2) is 70.8 Å². The number of aromatic amines is 1. The van der Waals surface area contributed by atoms with Crippen molar-refractivity contribution in [1.29, 1.82) is 5.26 Å². The van der Waals surface area contributed by atoms with Crippen LogP contribution >= 0.6 is 0 Å². The van der Waals surface area contributed by atoms with Crippen molar-refractivity contribution in [3.63, 3.8) is 0 Å². The number of nitrogens with zero attached hydrogens (tertiary/aromatic N) is 5. The number of nitrogens with one attached hydrogen (secondary N) is 2. The van der Waals surface area contributed by atoms with E-state index in [0.717, 1.165) is 0 Å². The lowest BCUT2D eigenvalue weighted by Crippen LogP contribution is -2.40. The molecule has 11 nitrogen and oxygen atoms in total. The third-order valence-electron chi connectivity index (χ3n) is 4.05. The Kier molecular flexibility index (Phi) is 5.93. The number of ether oxygens (including phenoxy) is 2. The Bertz CT molecular complexity index is 927. The van der Waals surface area contributed by atoms with Crippen molar-refractivity contribution >= 4 is 23.1 Å². The second-order valence-corrected chi connectivity index (χ2v) is 5.71. The van der Waals surface area contributed by atoms with Gasteiger partial charge in [0.2, 0.25) is 5.82 Å². The summed E-state index contributed by atoms with van der Waals surface area (Å²) in [6.07, 6.45) is 1.33. The molecule has 0 saturated carbocycles. The van der Waals surface area contributed by atoms with E-state index >= 15 is 0 Å². The summed E-state index contributed by atoms with van der Waals surface area (Å²) in [6, 6.07) is 6.52. The van der Waals surface area contributed by atoms with Crippen LogP contribution in [0.2, 0.25) is 0 Å².